The second-order valence-corrected chi connectivity index (χ2v) is 12.1. The highest BCUT2D eigenvalue weighted by molar-refractivity contribution is 7.92. The van der Waals surface area contributed by atoms with Crippen LogP contribution in [-0.4, -0.2) is 43.8 Å². The zero-order chi connectivity index (χ0) is 28.9. The molecule has 11 heteroatoms. The molecule has 1 N–H and O–H groups in total. The van der Waals surface area contributed by atoms with E-state index in [1.807, 2.05) is 6.92 Å². The highest BCUT2D eigenvalue weighted by Gasteiger charge is 2.33. The number of halogens is 3. The van der Waals surface area contributed by atoms with E-state index < -0.39 is 40.2 Å². The summed E-state index contributed by atoms with van der Waals surface area (Å²) < 4.78 is 43.1. The number of hydrogen-bond acceptors (Lipinski definition) is 4. The number of nitrogens with zero attached hydrogens (tertiary/aromatic N) is 2. The van der Waals surface area contributed by atoms with Crippen molar-refractivity contribution in [3.8, 4) is 0 Å². The molecule has 3 aromatic carbocycles. The molecule has 39 heavy (non-hydrogen) atoms. The molecule has 0 aliphatic carbocycles. The Morgan fingerprint density at radius 1 is 0.949 bits per heavy atom. The third kappa shape index (κ3) is 7.50. The van der Waals surface area contributed by atoms with Crippen molar-refractivity contribution >= 4 is 50.7 Å². The number of amides is 2. The van der Waals surface area contributed by atoms with Crippen molar-refractivity contribution in [3.63, 3.8) is 0 Å². The van der Waals surface area contributed by atoms with Crippen LogP contribution in [0.4, 0.5) is 10.1 Å². The third-order valence-corrected chi connectivity index (χ3v) is 8.50. The largest absolute Gasteiger partial charge is 0.352 e. The molecule has 0 aliphatic rings. The summed E-state index contributed by atoms with van der Waals surface area (Å²) in [5.41, 5.74) is 1.13. The zero-order valence-electron chi connectivity index (χ0n) is 22.0. The minimum absolute atomic E-state index is 0.0433. The maximum Gasteiger partial charge on any atom is 0.264 e. The lowest BCUT2D eigenvalue weighted by Gasteiger charge is -2.32. The lowest BCUT2D eigenvalue weighted by atomic mass is 10.1. The molecule has 208 valence electrons. The summed E-state index contributed by atoms with van der Waals surface area (Å²) in [7, 11) is -4.27. The van der Waals surface area contributed by atoms with Gasteiger partial charge in [0.25, 0.3) is 10.0 Å². The maximum absolute atomic E-state index is 14.6. The average molecular weight is 595 g/mol. The van der Waals surface area contributed by atoms with Crippen molar-refractivity contribution in [2.45, 2.75) is 51.2 Å². The van der Waals surface area contributed by atoms with Gasteiger partial charge in [-0.2, -0.15) is 0 Å². The van der Waals surface area contributed by atoms with E-state index >= 15 is 0 Å². The lowest BCUT2D eigenvalue weighted by Crippen LogP contribution is -2.52. The molecule has 0 heterocycles. The molecule has 1 atom stereocenters. The molecule has 2 amide bonds. The predicted octanol–water partition coefficient (Wildman–Crippen LogP) is 5.58. The number of carbonyl (C=O) groups is 2. The number of rotatable bonds is 10. The number of carbonyl (C=O) groups excluding carboxylic acids is 2. The zero-order valence-corrected chi connectivity index (χ0v) is 24.3. The summed E-state index contributed by atoms with van der Waals surface area (Å²) in [4.78, 5) is 27.8. The Labute approximate surface area is 238 Å². The van der Waals surface area contributed by atoms with Gasteiger partial charge in [-0.05, 0) is 64.1 Å². The van der Waals surface area contributed by atoms with Crippen LogP contribution < -0.4 is 9.62 Å². The van der Waals surface area contributed by atoms with Crippen LogP contribution in [0, 0.1) is 12.7 Å². The SMILES string of the molecule is Cc1ccc(S(=O)(=O)N(CC(=O)N(Cc2ccccc2F)C(C)C(=O)NC(C)C)c2ccc(Cl)c(Cl)c2)cc1. The Kier molecular flexibility index (Phi) is 9.98. The Morgan fingerprint density at radius 2 is 1.59 bits per heavy atom. The number of sulfonamides is 1. The predicted molar refractivity (Wildman–Crippen MR) is 152 cm³/mol. The number of hydrogen-bond donors (Lipinski definition) is 1. The molecule has 1 unspecified atom stereocenters. The van der Waals surface area contributed by atoms with Crippen molar-refractivity contribution in [1.29, 1.82) is 0 Å². The van der Waals surface area contributed by atoms with Gasteiger partial charge in [0.2, 0.25) is 11.8 Å². The molecule has 3 rings (SSSR count). The van der Waals surface area contributed by atoms with E-state index in [1.165, 1.54) is 55.5 Å². The fourth-order valence-corrected chi connectivity index (χ4v) is 5.50. The summed E-state index contributed by atoms with van der Waals surface area (Å²) in [6.45, 7) is 5.94. The van der Waals surface area contributed by atoms with E-state index in [2.05, 4.69) is 5.32 Å². The van der Waals surface area contributed by atoms with Crippen LogP contribution in [0.25, 0.3) is 0 Å². The second-order valence-electron chi connectivity index (χ2n) is 9.38. The van der Waals surface area contributed by atoms with Crippen molar-refractivity contribution in [2.24, 2.45) is 0 Å². The van der Waals surface area contributed by atoms with Crippen LogP contribution >= 0.6 is 23.2 Å². The standard InChI is InChI=1S/C28H30Cl2FN3O4S/c1-18(2)32-28(36)20(4)33(16-21-7-5-6-8-26(21)31)27(35)17-34(22-11-14-24(29)25(30)15-22)39(37,38)23-12-9-19(3)10-13-23/h5-15,18,20H,16-17H2,1-4H3,(H,32,36). The fraction of sp³-hybridized carbons (Fsp3) is 0.286. The summed E-state index contributed by atoms with van der Waals surface area (Å²) in [6, 6.07) is 15.0. The lowest BCUT2D eigenvalue weighted by molar-refractivity contribution is -0.139. The molecular formula is C28H30Cl2FN3O4S. The van der Waals surface area contributed by atoms with Crippen molar-refractivity contribution in [3.05, 3.63) is 93.7 Å². The van der Waals surface area contributed by atoms with Gasteiger partial charge in [0.05, 0.1) is 20.6 Å². The number of benzene rings is 3. The van der Waals surface area contributed by atoms with Gasteiger partial charge in [0.1, 0.15) is 18.4 Å². The van der Waals surface area contributed by atoms with Crippen molar-refractivity contribution in [2.75, 3.05) is 10.8 Å². The van der Waals surface area contributed by atoms with Crippen LogP contribution in [0.2, 0.25) is 10.0 Å². The van der Waals surface area contributed by atoms with Gasteiger partial charge in [-0.25, -0.2) is 12.8 Å². The van der Waals surface area contributed by atoms with Gasteiger partial charge < -0.3 is 10.2 Å². The van der Waals surface area contributed by atoms with Crippen molar-refractivity contribution in [1.82, 2.24) is 10.2 Å². The van der Waals surface area contributed by atoms with Crippen LogP contribution in [0.5, 0.6) is 0 Å². The number of anilines is 1. The summed E-state index contributed by atoms with van der Waals surface area (Å²) in [5.74, 6) is -1.73. The van der Waals surface area contributed by atoms with Gasteiger partial charge in [0.15, 0.2) is 0 Å². The van der Waals surface area contributed by atoms with E-state index in [-0.39, 0.29) is 38.8 Å². The molecule has 0 saturated heterocycles. The van der Waals surface area contributed by atoms with E-state index in [1.54, 1.807) is 32.0 Å². The van der Waals surface area contributed by atoms with Gasteiger partial charge in [0, 0.05) is 18.2 Å². The van der Waals surface area contributed by atoms with Crippen LogP contribution in [-0.2, 0) is 26.2 Å². The molecule has 0 fully saturated rings. The monoisotopic (exact) mass is 593 g/mol. The van der Waals surface area contributed by atoms with E-state index in [9.17, 15) is 22.4 Å². The highest BCUT2D eigenvalue weighted by atomic mass is 35.5. The first kappa shape index (κ1) is 30.4. The molecule has 0 aliphatic heterocycles. The Hall–Kier alpha value is -3.14. The highest BCUT2D eigenvalue weighted by Crippen LogP contribution is 2.31. The van der Waals surface area contributed by atoms with E-state index in [4.69, 9.17) is 23.2 Å². The number of aryl methyl sites for hydroxylation is 1. The summed E-state index contributed by atoms with van der Waals surface area (Å²) in [5, 5.41) is 3.05. The molecule has 0 saturated carbocycles. The number of nitrogens with one attached hydrogen (secondary N) is 1. The summed E-state index contributed by atoms with van der Waals surface area (Å²) in [6.07, 6.45) is 0. The topological polar surface area (TPSA) is 86.8 Å². The molecule has 0 aromatic heterocycles. The minimum Gasteiger partial charge on any atom is -0.352 e. The van der Waals surface area contributed by atoms with Crippen LogP contribution in [0.1, 0.15) is 31.9 Å². The fourth-order valence-electron chi connectivity index (χ4n) is 3.80. The summed E-state index contributed by atoms with van der Waals surface area (Å²) >= 11 is 12.3. The first-order valence-corrected chi connectivity index (χ1v) is 14.4. The normalized spacial score (nSPS) is 12.2. The van der Waals surface area contributed by atoms with E-state index in [0.29, 0.717) is 0 Å². The maximum atomic E-state index is 14.6. The smallest absolute Gasteiger partial charge is 0.264 e. The third-order valence-electron chi connectivity index (χ3n) is 5.98. The molecule has 0 radical (unpaired) electrons. The average Bonchev–Trinajstić information content (AvgIpc) is 2.87. The first-order valence-electron chi connectivity index (χ1n) is 12.2. The van der Waals surface area contributed by atoms with Gasteiger partial charge in [-0.3, -0.25) is 13.9 Å². The molecule has 3 aromatic rings. The van der Waals surface area contributed by atoms with Crippen LogP contribution in [0.15, 0.2) is 71.6 Å². The van der Waals surface area contributed by atoms with Gasteiger partial charge >= 0.3 is 0 Å². The minimum atomic E-state index is -4.27. The molecule has 0 bridgehead atoms. The second kappa shape index (κ2) is 12.8. The molecule has 7 nitrogen and oxygen atoms in total. The first-order chi connectivity index (χ1) is 18.3. The Bertz CT molecular complexity index is 1450. The molecular weight excluding hydrogens is 564 g/mol. The Morgan fingerprint density at radius 3 is 2.18 bits per heavy atom. The van der Waals surface area contributed by atoms with E-state index in [0.717, 1.165) is 14.8 Å². The van der Waals surface area contributed by atoms with Crippen LogP contribution in [0.3, 0.4) is 0 Å². The van der Waals surface area contributed by atoms with Gasteiger partial charge in [-0.1, -0.05) is 59.1 Å². The quantitative estimate of drug-likeness (QED) is 0.332. The van der Waals surface area contributed by atoms with Crippen molar-refractivity contribution < 1.29 is 22.4 Å². The van der Waals surface area contributed by atoms with Gasteiger partial charge in [-0.15, -0.1) is 0 Å². The Balaban J connectivity index is 2.07. The molecule has 0 spiro atoms.